The van der Waals surface area contributed by atoms with Gasteiger partial charge in [0.2, 0.25) is 0 Å². The molecule has 0 rings (SSSR count). The van der Waals surface area contributed by atoms with Gasteiger partial charge in [0.25, 0.3) is 16.6 Å². The van der Waals surface area contributed by atoms with Crippen LogP contribution in [0.25, 0.3) is 0 Å². The second-order valence-electron chi connectivity index (χ2n) is 9.04. The van der Waals surface area contributed by atoms with Gasteiger partial charge in [0.1, 0.15) is 0 Å². The highest BCUT2D eigenvalue weighted by Gasteiger charge is 2.58. The minimum absolute atomic E-state index is 0.410. The van der Waals surface area contributed by atoms with Crippen molar-refractivity contribution < 1.29 is 13.0 Å². The molecule has 0 saturated carbocycles. The summed E-state index contributed by atoms with van der Waals surface area (Å²) in [7, 11) is -6.44. The Morgan fingerprint density at radius 1 is 0.500 bits per heavy atom. The highest BCUT2D eigenvalue weighted by molar-refractivity contribution is 7.38. The highest BCUT2D eigenvalue weighted by Crippen LogP contribution is 2.53. The van der Waals surface area contributed by atoms with Gasteiger partial charge in [-0.15, -0.1) is 0 Å². The van der Waals surface area contributed by atoms with Gasteiger partial charge >= 0.3 is 8.25 Å². The fourth-order valence-electron chi connectivity index (χ4n) is 4.91. The number of hydrogen-bond donors (Lipinski definition) is 0. The van der Waals surface area contributed by atoms with Crippen LogP contribution in [0, 0.1) is 0 Å². The van der Waals surface area contributed by atoms with Crippen LogP contribution in [0.1, 0.15) is 83.1 Å². The van der Waals surface area contributed by atoms with Crippen LogP contribution in [0.2, 0.25) is 33.2 Å². The molecule has 0 aliphatic carbocycles. The molecule has 0 aromatic carbocycles. The molecule has 0 atom stereocenters. The lowest BCUT2D eigenvalue weighted by Gasteiger charge is -2.38. The predicted molar refractivity (Wildman–Crippen MR) is 112 cm³/mol. The SMILES string of the molecule is CC(C)[Si](O[P+](=O)O[Si](C(C)C)(C(C)C)C(C)C)(C(C)C)C(C)C. The molecule has 0 unspecified atom stereocenters. The molecule has 0 fully saturated rings. The lowest BCUT2D eigenvalue weighted by atomic mass is 10.5. The maximum absolute atomic E-state index is 13.1. The van der Waals surface area contributed by atoms with E-state index in [9.17, 15) is 4.57 Å². The van der Waals surface area contributed by atoms with Gasteiger partial charge in [0.15, 0.2) is 0 Å². The summed E-state index contributed by atoms with van der Waals surface area (Å²) < 4.78 is 25.9. The van der Waals surface area contributed by atoms with Gasteiger partial charge in [-0.05, 0) is 33.2 Å². The normalized spacial score (nSPS) is 14.1. The molecule has 3 nitrogen and oxygen atoms in total. The molecule has 6 heteroatoms. The zero-order chi connectivity index (χ0) is 19.5. The maximum Gasteiger partial charge on any atom is 0.673 e. The van der Waals surface area contributed by atoms with Crippen LogP contribution in [-0.2, 0) is 13.0 Å². The molecule has 0 radical (unpaired) electrons. The lowest BCUT2D eigenvalue weighted by Crippen LogP contribution is -2.49. The maximum atomic E-state index is 13.1. The molecule has 24 heavy (non-hydrogen) atoms. The van der Waals surface area contributed by atoms with Crippen LogP contribution >= 0.6 is 8.25 Å². The third kappa shape index (κ3) is 4.79. The molecule has 0 saturated heterocycles. The average molecular weight is 394 g/mol. The van der Waals surface area contributed by atoms with Crippen molar-refractivity contribution in [3.05, 3.63) is 0 Å². The number of hydrogen-bond acceptors (Lipinski definition) is 3. The van der Waals surface area contributed by atoms with Crippen LogP contribution in [-0.4, -0.2) is 16.6 Å². The van der Waals surface area contributed by atoms with Gasteiger partial charge in [-0.3, -0.25) is 0 Å². The average Bonchev–Trinajstić information content (AvgIpc) is 2.39. The Morgan fingerprint density at radius 2 is 0.667 bits per heavy atom. The molecule has 0 bridgehead atoms. The number of rotatable bonds is 10. The van der Waals surface area contributed by atoms with E-state index < -0.39 is 24.9 Å². The van der Waals surface area contributed by atoms with Crippen molar-refractivity contribution in [3.8, 4) is 0 Å². The largest absolute Gasteiger partial charge is 0.673 e. The monoisotopic (exact) mass is 393 g/mol. The van der Waals surface area contributed by atoms with E-state index >= 15 is 0 Å². The van der Waals surface area contributed by atoms with Gasteiger partial charge in [0, 0.05) is 4.57 Å². The Kier molecular flexibility index (Phi) is 9.59. The predicted octanol–water partition coefficient (Wildman–Crippen LogP) is 8.03. The van der Waals surface area contributed by atoms with Crippen LogP contribution < -0.4 is 0 Å². The molecule has 0 N–H and O–H groups in total. The van der Waals surface area contributed by atoms with Gasteiger partial charge in [-0.1, -0.05) is 83.1 Å². The standard InChI is InChI=1S/C18H42O3PSi2/c1-13(2)23(14(3)4,15(5)6)20-22(19)21-24(16(7)8,17(9)10)18(11)12/h13-18H,1-12H3/q+1. The van der Waals surface area contributed by atoms with E-state index in [1.54, 1.807) is 0 Å². The molecular formula is C18H42O3PSi2+. The van der Waals surface area contributed by atoms with E-state index in [2.05, 4.69) is 83.1 Å². The first-order valence-corrected chi connectivity index (χ1v) is 15.0. The summed E-state index contributed by atoms with van der Waals surface area (Å²) in [5.74, 6) is 0. The lowest BCUT2D eigenvalue weighted by molar-refractivity contribution is 0.372. The quantitative estimate of drug-likeness (QED) is 0.278. The smallest absolute Gasteiger partial charge is 0.175 e. The first-order chi connectivity index (χ1) is 10.8. The van der Waals surface area contributed by atoms with Crippen molar-refractivity contribution in [2.75, 3.05) is 0 Å². The highest BCUT2D eigenvalue weighted by atomic mass is 31.1. The Balaban J connectivity index is 5.69. The minimum atomic E-state index is -2.18. The van der Waals surface area contributed by atoms with E-state index in [0.29, 0.717) is 33.2 Å². The second-order valence-corrected chi connectivity index (χ2v) is 21.3. The van der Waals surface area contributed by atoms with E-state index in [-0.39, 0.29) is 0 Å². The summed E-state index contributed by atoms with van der Waals surface area (Å²) in [6, 6.07) is 0. The van der Waals surface area contributed by atoms with Crippen molar-refractivity contribution in [2.45, 2.75) is 116 Å². The van der Waals surface area contributed by atoms with Crippen molar-refractivity contribution in [3.63, 3.8) is 0 Å². The molecule has 0 spiro atoms. The third-order valence-electron chi connectivity index (χ3n) is 5.88. The third-order valence-corrected chi connectivity index (χ3v) is 20.4. The van der Waals surface area contributed by atoms with Gasteiger partial charge in [-0.2, -0.15) is 8.43 Å². The van der Waals surface area contributed by atoms with Crippen molar-refractivity contribution in [1.82, 2.24) is 0 Å². The van der Waals surface area contributed by atoms with Crippen LogP contribution in [0.3, 0.4) is 0 Å². The molecule has 0 aliphatic heterocycles. The van der Waals surface area contributed by atoms with Crippen molar-refractivity contribution >= 4 is 24.9 Å². The fourth-order valence-corrected chi connectivity index (χ4v) is 20.5. The first-order valence-electron chi connectivity index (χ1n) is 9.62. The van der Waals surface area contributed by atoms with Crippen molar-refractivity contribution in [2.24, 2.45) is 0 Å². The van der Waals surface area contributed by atoms with Gasteiger partial charge < -0.3 is 0 Å². The Bertz CT molecular complexity index is 328. The van der Waals surface area contributed by atoms with E-state index in [4.69, 9.17) is 8.43 Å². The van der Waals surface area contributed by atoms with Crippen molar-refractivity contribution in [1.29, 1.82) is 0 Å². The topological polar surface area (TPSA) is 35.5 Å². The Morgan fingerprint density at radius 3 is 0.792 bits per heavy atom. The summed E-state index contributed by atoms with van der Waals surface area (Å²) in [6.45, 7) is 26.6. The molecule has 144 valence electrons. The summed E-state index contributed by atoms with van der Waals surface area (Å²) in [5, 5.41) is 0. The summed E-state index contributed by atoms with van der Waals surface area (Å²) >= 11 is 0. The van der Waals surface area contributed by atoms with Crippen LogP contribution in [0.4, 0.5) is 0 Å². The van der Waals surface area contributed by atoms with Crippen LogP contribution in [0.15, 0.2) is 0 Å². The Labute approximate surface area is 154 Å². The molecule has 0 aromatic heterocycles. The molecule has 0 aliphatic rings. The van der Waals surface area contributed by atoms with Crippen LogP contribution in [0.5, 0.6) is 0 Å². The van der Waals surface area contributed by atoms with E-state index in [0.717, 1.165) is 0 Å². The van der Waals surface area contributed by atoms with Gasteiger partial charge in [0.05, 0.1) is 0 Å². The summed E-state index contributed by atoms with van der Waals surface area (Å²) in [4.78, 5) is 0. The summed E-state index contributed by atoms with van der Waals surface area (Å²) in [6.07, 6.45) is 0. The zero-order valence-corrected chi connectivity index (χ0v) is 21.0. The molecule has 0 heterocycles. The molecule has 0 amide bonds. The zero-order valence-electron chi connectivity index (χ0n) is 18.1. The van der Waals surface area contributed by atoms with Gasteiger partial charge in [-0.25, -0.2) is 0 Å². The minimum Gasteiger partial charge on any atom is -0.175 e. The fraction of sp³-hybridized carbons (Fsp3) is 1.00. The second kappa shape index (κ2) is 9.41. The van der Waals surface area contributed by atoms with E-state index in [1.165, 1.54) is 0 Å². The molecule has 0 aromatic rings. The summed E-state index contributed by atoms with van der Waals surface area (Å²) in [5.41, 5.74) is 2.46. The Hall–Kier alpha value is 0.454. The first kappa shape index (κ1) is 24.5. The van der Waals surface area contributed by atoms with E-state index in [1.807, 2.05) is 0 Å². The molecular weight excluding hydrogens is 351 g/mol.